The molecule has 130 valence electrons. The summed E-state index contributed by atoms with van der Waals surface area (Å²) in [6.45, 7) is 4.13. The molecule has 1 fully saturated rings. The van der Waals surface area contributed by atoms with Crippen LogP contribution in [0.15, 0.2) is 54.6 Å². The van der Waals surface area contributed by atoms with Crippen LogP contribution in [0.1, 0.15) is 42.2 Å². The molecule has 0 unspecified atom stereocenters. The van der Waals surface area contributed by atoms with Crippen molar-refractivity contribution < 1.29 is 9.59 Å². The number of amides is 2. The molecule has 0 saturated heterocycles. The van der Waals surface area contributed by atoms with Crippen LogP contribution < -0.4 is 5.32 Å². The van der Waals surface area contributed by atoms with E-state index in [2.05, 4.69) is 12.2 Å². The van der Waals surface area contributed by atoms with E-state index in [9.17, 15) is 9.59 Å². The van der Waals surface area contributed by atoms with Gasteiger partial charge in [-0.2, -0.15) is 0 Å². The summed E-state index contributed by atoms with van der Waals surface area (Å²) in [7, 11) is 1.85. The monoisotopic (exact) mass is 336 g/mol. The lowest BCUT2D eigenvalue weighted by Gasteiger charge is -2.26. The third-order valence-corrected chi connectivity index (χ3v) is 5.02. The number of carbonyl (C=O) groups excluding carboxylic acids is 2. The Morgan fingerprint density at radius 3 is 2.44 bits per heavy atom. The molecular weight excluding hydrogens is 312 g/mol. The Morgan fingerprint density at radius 2 is 1.80 bits per heavy atom. The second-order valence-corrected chi connectivity index (χ2v) is 6.89. The van der Waals surface area contributed by atoms with Gasteiger partial charge in [-0.1, -0.05) is 37.3 Å². The van der Waals surface area contributed by atoms with Crippen LogP contribution in [0.2, 0.25) is 0 Å². The van der Waals surface area contributed by atoms with Crippen LogP contribution in [0.5, 0.6) is 0 Å². The first kappa shape index (κ1) is 17.2. The highest BCUT2D eigenvalue weighted by Crippen LogP contribution is 2.40. The Labute approximate surface area is 148 Å². The van der Waals surface area contributed by atoms with E-state index >= 15 is 0 Å². The van der Waals surface area contributed by atoms with Crippen molar-refractivity contribution in [3.8, 4) is 0 Å². The second-order valence-electron chi connectivity index (χ2n) is 6.89. The second kappa shape index (κ2) is 7.09. The topological polar surface area (TPSA) is 49.4 Å². The summed E-state index contributed by atoms with van der Waals surface area (Å²) in [5.74, 6) is 0.743. The van der Waals surface area contributed by atoms with E-state index in [1.807, 2.05) is 61.3 Å². The quantitative estimate of drug-likeness (QED) is 0.893. The lowest BCUT2D eigenvalue weighted by atomic mass is 10.1. The van der Waals surface area contributed by atoms with Gasteiger partial charge in [-0.15, -0.1) is 0 Å². The van der Waals surface area contributed by atoms with Gasteiger partial charge in [0.15, 0.2) is 0 Å². The molecule has 1 aliphatic rings. The highest BCUT2D eigenvalue weighted by Gasteiger charge is 2.41. The smallest absolute Gasteiger partial charge is 0.255 e. The fraction of sp³-hybridized carbons (Fsp3) is 0.333. The van der Waals surface area contributed by atoms with Crippen molar-refractivity contribution >= 4 is 17.5 Å². The van der Waals surface area contributed by atoms with Crippen LogP contribution in [0.3, 0.4) is 0 Å². The molecule has 1 aliphatic carbocycles. The van der Waals surface area contributed by atoms with Crippen molar-refractivity contribution in [3.05, 3.63) is 65.7 Å². The average molecular weight is 336 g/mol. The molecule has 0 spiro atoms. The van der Waals surface area contributed by atoms with Gasteiger partial charge in [0, 0.05) is 24.2 Å². The molecule has 3 rings (SSSR count). The molecule has 1 N–H and O–H groups in total. The predicted octanol–water partition coefficient (Wildman–Crippen LogP) is 4.11. The minimum atomic E-state index is -0.137. The minimum absolute atomic E-state index is 0.0334. The van der Waals surface area contributed by atoms with Gasteiger partial charge in [-0.3, -0.25) is 9.59 Å². The van der Waals surface area contributed by atoms with E-state index in [4.69, 9.17) is 0 Å². The van der Waals surface area contributed by atoms with Gasteiger partial charge in [0.25, 0.3) is 5.91 Å². The summed E-state index contributed by atoms with van der Waals surface area (Å²) >= 11 is 0. The zero-order valence-electron chi connectivity index (χ0n) is 14.9. The maximum absolute atomic E-state index is 12.4. The van der Waals surface area contributed by atoms with Gasteiger partial charge in [-0.05, 0) is 49.1 Å². The van der Waals surface area contributed by atoms with Crippen molar-refractivity contribution in [2.45, 2.75) is 26.3 Å². The van der Waals surface area contributed by atoms with Gasteiger partial charge < -0.3 is 10.2 Å². The molecule has 2 amide bonds. The maximum Gasteiger partial charge on any atom is 0.255 e. The summed E-state index contributed by atoms with van der Waals surface area (Å²) in [5, 5.41) is 2.92. The molecule has 0 heterocycles. The highest BCUT2D eigenvalue weighted by molar-refractivity contribution is 6.04. The van der Waals surface area contributed by atoms with Crippen molar-refractivity contribution in [3.63, 3.8) is 0 Å². The molecule has 2 aromatic carbocycles. The Morgan fingerprint density at radius 1 is 1.12 bits per heavy atom. The summed E-state index contributed by atoms with van der Waals surface area (Å²) in [6.07, 6.45) is 0.989. The first-order valence-electron chi connectivity index (χ1n) is 8.70. The molecule has 2 aromatic rings. The molecular formula is C21H24N2O2. The van der Waals surface area contributed by atoms with Crippen molar-refractivity contribution in [1.82, 2.24) is 4.90 Å². The summed E-state index contributed by atoms with van der Waals surface area (Å²) < 4.78 is 0. The third kappa shape index (κ3) is 3.90. The Balaban J connectivity index is 1.70. The molecule has 0 aliphatic heterocycles. The van der Waals surface area contributed by atoms with E-state index in [0.717, 1.165) is 17.7 Å². The zero-order chi connectivity index (χ0) is 18.0. The maximum atomic E-state index is 12.4. The van der Waals surface area contributed by atoms with E-state index in [1.165, 1.54) is 0 Å². The number of hydrogen-bond donors (Lipinski definition) is 1. The Bertz CT molecular complexity index is 772. The lowest BCUT2D eigenvalue weighted by molar-refractivity contribution is -0.133. The molecule has 1 saturated carbocycles. The highest BCUT2D eigenvalue weighted by atomic mass is 16.2. The van der Waals surface area contributed by atoms with Gasteiger partial charge in [-0.25, -0.2) is 0 Å². The average Bonchev–Trinajstić information content (AvgIpc) is 3.37. The summed E-state index contributed by atoms with van der Waals surface area (Å²) in [5.41, 5.74) is 2.37. The normalized spacial score (nSPS) is 19.8. The van der Waals surface area contributed by atoms with Crippen LogP contribution in [-0.4, -0.2) is 23.8 Å². The summed E-state index contributed by atoms with van der Waals surface area (Å²) in [4.78, 5) is 26.5. The fourth-order valence-electron chi connectivity index (χ4n) is 3.01. The number of hydrogen-bond acceptors (Lipinski definition) is 2. The summed E-state index contributed by atoms with van der Waals surface area (Å²) in [6, 6.07) is 16.8. The van der Waals surface area contributed by atoms with Gasteiger partial charge in [0.1, 0.15) is 0 Å². The van der Waals surface area contributed by atoms with Crippen molar-refractivity contribution in [2.75, 3.05) is 12.4 Å². The molecule has 3 atom stereocenters. The van der Waals surface area contributed by atoms with E-state index in [1.54, 1.807) is 12.1 Å². The van der Waals surface area contributed by atoms with Crippen molar-refractivity contribution in [2.24, 2.45) is 11.8 Å². The fourth-order valence-corrected chi connectivity index (χ4v) is 3.01. The molecule has 0 bridgehead atoms. The first-order valence-corrected chi connectivity index (χ1v) is 8.70. The largest absolute Gasteiger partial charge is 0.339 e. The number of nitrogens with one attached hydrogen (secondary N) is 1. The van der Waals surface area contributed by atoms with Gasteiger partial charge in [0.05, 0.1) is 6.04 Å². The van der Waals surface area contributed by atoms with Gasteiger partial charge >= 0.3 is 0 Å². The lowest BCUT2D eigenvalue weighted by Crippen LogP contribution is -2.31. The van der Waals surface area contributed by atoms with Crippen LogP contribution in [0.25, 0.3) is 0 Å². The molecule has 0 radical (unpaired) electrons. The molecule has 25 heavy (non-hydrogen) atoms. The molecule has 4 nitrogen and oxygen atoms in total. The van der Waals surface area contributed by atoms with E-state index in [-0.39, 0.29) is 23.8 Å². The van der Waals surface area contributed by atoms with Gasteiger partial charge in [0.2, 0.25) is 5.91 Å². The first-order chi connectivity index (χ1) is 12.0. The van der Waals surface area contributed by atoms with Crippen LogP contribution >= 0.6 is 0 Å². The number of anilines is 1. The van der Waals surface area contributed by atoms with Crippen LogP contribution in [0, 0.1) is 11.8 Å². The number of carbonyl (C=O) groups is 2. The number of benzene rings is 2. The minimum Gasteiger partial charge on any atom is -0.339 e. The van der Waals surface area contributed by atoms with Crippen LogP contribution in [0.4, 0.5) is 5.69 Å². The third-order valence-electron chi connectivity index (χ3n) is 5.02. The van der Waals surface area contributed by atoms with Crippen LogP contribution in [-0.2, 0) is 4.79 Å². The van der Waals surface area contributed by atoms with E-state index < -0.39 is 0 Å². The molecule has 0 aromatic heterocycles. The molecule has 4 heteroatoms. The number of rotatable bonds is 5. The Hall–Kier alpha value is -2.62. The Kier molecular flexibility index (Phi) is 4.88. The standard InChI is InChI=1S/C21H24N2O2/c1-14-12-19(14)21(25)23(3)15(2)17-10-7-11-18(13-17)22-20(24)16-8-5-4-6-9-16/h4-11,13-15,19H,12H2,1-3H3,(H,22,24)/t14-,15+,19-/m1/s1. The van der Waals surface area contributed by atoms with E-state index in [0.29, 0.717) is 11.5 Å². The number of nitrogens with zero attached hydrogens (tertiary/aromatic N) is 1. The SMILES string of the molecule is C[C@@H]1C[C@H]1C(=O)N(C)[C@@H](C)c1cccc(NC(=O)c2ccccc2)c1. The predicted molar refractivity (Wildman–Crippen MR) is 99.3 cm³/mol. The van der Waals surface area contributed by atoms with Crippen molar-refractivity contribution in [1.29, 1.82) is 0 Å². The zero-order valence-corrected chi connectivity index (χ0v) is 14.9.